The maximum atomic E-state index is 12.3. The Bertz CT molecular complexity index is 827. The molecule has 176 valence electrons. The Hall–Kier alpha value is -3.12. The zero-order valence-corrected chi connectivity index (χ0v) is 20.2. The van der Waals surface area contributed by atoms with Gasteiger partial charge in [-0.1, -0.05) is 24.8 Å². The Kier molecular flexibility index (Phi) is 12.5. The number of likely N-dealkylation sites (N-methyl/N-ethyl adjacent to an activating group) is 2. The highest BCUT2D eigenvalue weighted by Gasteiger charge is 2.20. The first-order valence-electron chi connectivity index (χ1n) is 10.9. The van der Waals surface area contributed by atoms with E-state index < -0.39 is 6.04 Å². The number of anilines is 2. The molecule has 0 saturated heterocycles. The molecule has 0 aliphatic rings. The number of aromatic nitrogens is 2. The van der Waals surface area contributed by atoms with Crippen molar-refractivity contribution in [1.29, 1.82) is 0 Å². The highest BCUT2D eigenvalue weighted by atomic mass is 16.2. The highest BCUT2D eigenvalue weighted by molar-refractivity contribution is 5.92. The zero-order chi connectivity index (χ0) is 23.9. The number of hydrogen-bond donors (Lipinski definition) is 3. The summed E-state index contributed by atoms with van der Waals surface area (Å²) in [4.78, 5) is 36.5. The van der Waals surface area contributed by atoms with Crippen LogP contribution in [0.1, 0.15) is 38.7 Å². The van der Waals surface area contributed by atoms with E-state index in [1.165, 1.54) is 11.0 Å². The lowest BCUT2D eigenvalue weighted by molar-refractivity contribution is -0.135. The Balaban J connectivity index is 2.48. The summed E-state index contributed by atoms with van der Waals surface area (Å²) in [5, 5.41) is 9.06. The van der Waals surface area contributed by atoms with Crippen molar-refractivity contribution in [3.8, 4) is 11.8 Å². The molecule has 0 saturated carbocycles. The standard InChI is InChI=1S/C23H37N7O2/c1-7-14-25-21-19(17-27-23(24-3)28-21)12-9-8-10-15-26-22(32)18(2)30(6)20(31)13-11-16-29(4)5/h11,13,17-18H,7-8,10,14-16H2,1-6H3,(H,26,32)(H2,24,25,27,28)/b13-11+/t18-/m0/s1. The quantitative estimate of drug-likeness (QED) is 0.256. The fraction of sp³-hybridized carbons (Fsp3) is 0.565. The summed E-state index contributed by atoms with van der Waals surface area (Å²) in [7, 11) is 7.25. The summed E-state index contributed by atoms with van der Waals surface area (Å²) in [6.07, 6.45) is 7.29. The molecule has 3 N–H and O–H groups in total. The first kappa shape index (κ1) is 26.9. The Morgan fingerprint density at radius 3 is 2.66 bits per heavy atom. The minimum Gasteiger partial charge on any atom is -0.369 e. The van der Waals surface area contributed by atoms with Crippen molar-refractivity contribution in [2.24, 2.45) is 0 Å². The third kappa shape index (κ3) is 9.79. The molecule has 0 aliphatic heterocycles. The largest absolute Gasteiger partial charge is 0.369 e. The van der Waals surface area contributed by atoms with Crippen molar-refractivity contribution < 1.29 is 9.59 Å². The molecule has 1 atom stereocenters. The minimum absolute atomic E-state index is 0.183. The SMILES string of the molecule is CCCNc1nc(NC)ncc1C#CCCCNC(=O)[C@H](C)N(C)C(=O)/C=C/CN(C)C. The van der Waals surface area contributed by atoms with Crippen molar-refractivity contribution >= 4 is 23.6 Å². The average Bonchev–Trinajstić information content (AvgIpc) is 2.78. The second-order valence-corrected chi connectivity index (χ2v) is 7.62. The van der Waals surface area contributed by atoms with Crippen molar-refractivity contribution in [2.45, 2.75) is 39.2 Å². The molecule has 9 nitrogen and oxygen atoms in total. The summed E-state index contributed by atoms with van der Waals surface area (Å²) in [6.45, 7) is 5.77. The van der Waals surface area contributed by atoms with Crippen LogP contribution in [0.25, 0.3) is 0 Å². The van der Waals surface area contributed by atoms with E-state index in [-0.39, 0.29) is 11.8 Å². The molecule has 9 heteroatoms. The first-order valence-corrected chi connectivity index (χ1v) is 10.9. The van der Waals surface area contributed by atoms with Crippen LogP contribution in [0.3, 0.4) is 0 Å². The summed E-state index contributed by atoms with van der Waals surface area (Å²) in [5.74, 6) is 7.10. The molecule has 1 aromatic heterocycles. The molecule has 0 bridgehead atoms. The smallest absolute Gasteiger partial charge is 0.246 e. The van der Waals surface area contributed by atoms with Crippen LogP contribution in [0.4, 0.5) is 11.8 Å². The third-order valence-electron chi connectivity index (χ3n) is 4.59. The molecule has 0 fully saturated rings. The number of carbonyl (C=O) groups excluding carboxylic acids is 2. The predicted molar refractivity (Wildman–Crippen MR) is 129 cm³/mol. The van der Waals surface area contributed by atoms with Gasteiger partial charge in [0, 0.05) is 46.2 Å². The molecule has 1 rings (SSSR count). The molecule has 0 unspecified atom stereocenters. The van der Waals surface area contributed by atoms with Crippen molar-refractivity contribution in [1.82, 2.24) is 25.1 Å². The van der Waals surface area contributed by atoms with E-state index in [4.69, 9.17) is 0 Å². The second-order valence-electron chi connectivity index (χ2n) is 7.62. The van der Waals surface area contributed by atoms with Crippen molar-refractivity contribution in [3.63, 3.8) is 0 Å². The molecule has 2 amide bonds. The van der Waals surface area contributed by atoms with E-state index in [0.29, 0.717) is 37.7 Å². The van der Waals surface area contributed by atoms with Gasteiger partial charge in [0.05, 0.1) is 11.8 Å². The number of hydrogen-bond acceptors (Lipinski definition) is 7. The lowest BCUT2D eigenvalue weighted by Gasteiger charge is -2.23. The molecule has 0 spiro atoms. The fourth-order valence-corrected chi connectivity index (χ4v) is 2.51. The normalized spacial score (nSPS) is 11.6. The summed E-state index contributed by atoms with van der Waals surface area (Å²) < 4.78 is 0. The lowest BCUT2D eigenvalue weighted by atomic mass is 10.2. The molecule has 0 aromatic carbocycles. The van der Waals surface area contributed by atoms with Crippen molar-refractivity contribution in [2.75, 3.05) is 58.5 Å². The maximum Gasteiger partial charge on any atom is 0.246 e. The van der Waals surface area contributed by atoms with Crippen molar-refractivity contribution in [3.05, 3.63) is 23.9 Å². The van der Waals surface area contributed by atoms with E-state index in [9.17, 15) is 9.59 Å². The van der Waals surface area contributed by atoms with E-state index in [1.54, 1.807) is 33.3 Å². The van der Waals surface area contributed by atoms with E-state index in [2.05, 4.69) is 44.7 Å². The molecule has 0 radical (unpaired) electrons. The topological polar surface area (TPSA) is 102 Å². The summed E-state index contributed by atoms with van der Waals surface area (Å²) >= 11 is 0. The number of amides is 2. The van der Waals surface area contributed by atoms with Crippen LogP contribution in [-0.4, -0.2) is 85.4 Å². The first-order chi connectivity index (χ1) is 15.3. The van der Waals surface area contributed by atoms with Gasteiger partial charge in [-0.25, -0.2) is 4.98 Å². The molecule has 0 aliphatic carbocycles. The van der Waals surface area contributed by atoms with Crippen LogP contribution in [0.2, 0.25) is 0 Å². The fourth-order valence-electron chi connectivity index (χ4n) is 2.51. The Morgan fingerprint density at radius 2 is 2.00 bits per heavy atom. The number of unbranched alkanes of at least 4 members (excludes halogenated alkanes) is 1. The predicted octanol–water partition coefficient (Wildman–Crippen LogP) is 1.55. The number of rotatable bonds is 12. The third-order valence-corrected chi connectivity index (χ3v) is 4.59. The highest BCUT2D eigenvalue weighted by Crippen LogP contribution is 2.12. The average molecular weight is 444 g/mol. The van der Waals surface area contributed by atoms with Gasteiger partial charge in [0.15, 0.2) is 0 Å². The minimum atomic E-state index is -0.548. The number of carbonyl (C=O) groups is 2. The molecule has 32 heavy (non-hydrogen) atoms. The van der Waals surface area contributed by atoms with Gasteiger partial charge < -0.3 is 25.8 Å². The van der Waals surface area contributed by atoms with E-state index >= 15 is 0 Å². The molecule has 1 aromatic rings. The summed E-state index contributed by atoms with van der Waals surface area (Å²) in [6, 6.07) is -0.548. The van der Waals surface area contributed by atoms with E-state index in [0.717, 1.165) is 18.5 Å². The Labute approximate surface area is 192 Å². The van der Waals surface area contributed by atoms with Gasteiger partial charge in [0.1, 0.15) is 11.9 Å². The van der Waals surface area contributed by atoms with Crippen LogP contribution in [0, 0.1) is 11.8 Å². The van der Waals surface area contributed by atoms with Crippen LogP contribution >= 0.6 is 0 Å². The van der Waals surface area contributed by atoms with Gasteiger partial charge in [-0.2, -0.15) is 4.98 Å². The van der Waals surface area contributed by atoms with Gasteiger partial charge in [-0.3, -0.25) is 9.59 Å². The van der Waals surface area contributed by atoms with Gasteiger partial charge in [-0.05, 0) is 33.9 Å². The summed E-state index contributed by atoms with van der Waals surface area (Å²) in [5.41, 5.74) is 0.748. The lowest BCUT2D eigenvalue weighted by Crippen LogP contribution is -2.45. The Morgan fingerprint density at radius 1 is 1.25 bits per heavy atom. The number of nitrogens with one attached hydrogen (secondary N) is 3. The second kappa shape index (κ2) is 14.8. The molecular weight excluding hydrogens is 406 g/mol. The van der Waals surface area contributed by atoms with Crippen LogP contribution < -0.4 is 16.0 Å². The van der Waals surface area contributed by atoms with Crippen LogP contribution in [0.5, 0.6) is 0 Å². The van der Waals surface area contributed by atoms with Gasteiger partial charge >= 0.3 is 0 Å². The van der Waals surface area contributed by atoms with Gasteiger partial charge in [0.25, 0.3) is 0 Å². The van der Waals surface area contributed by atoms with E-state index in [1.807, 2.05) is 19.0 Å². The number of nitrogens with zero attached hydrogens (tertiary/aromatic N) is 4. The molecule has 1 heterocycles. The molecular formula is C23H37N7O2. The monoisotopic (exact) mass is 443 g/mol. The van der Waals surface area contributed by atoms with Crippen LogP contribution in [0.15, 0.2) is 18.3 Å². The van der Waals surface area contributed by atoms with Gasteiger partial charge in [0.2, 0.25) is 17.8 Å². The van der Waals surface area contributed by atoms with Gasteiger partial charge in [-0.15, -0.1) is 0 Å². The van der Waals surface area contributed by atoms with Crippen LogP contribution in [-0.2, 0) is 9.59 Å². The zero-order valence-electron chi connectivity index (χ0n) is 20.2. The maximum absolute atomic E-state index is 12.3.